The first-order valence-electron chi connectivity index (χ1n) is 4.96. The van der Waals surface area contributed by atoms with Crippen molar-refractivity contribution < 1.29 is 4.42 Å². The first-order valence-corrected chi connectivity index (χ1v) is 6.12. The fourth-order valence-electron chi connectivity index (χ4n) is 1.57. The lowest BCUT2D eigenvalue weighted by Crippen LogP contribution is -2.20. The van der Waals surface area contributed by atoms with Gasteiger partial charge in [0, 0.05) is 13.5 Å². The van der Waals surface area contributed by atoms with Crippen molar-refractivity contribution in [3.63, 3.8) is 0 Å². The highest BCUT2D eigenvalue weighted by molar-refractivity contribution is 7.99. The summed E-state index contributed by atoms with van der Waals surface area (Å²) < 4.78 is 5.23. The summed E-state index contributed by atoms with van der Waals surface area (Å²) >= 11 is 2.04. The Labute approximate surface area is 87.9 Å². The first kappa shape index (κ1) is 9.83. The molecule has 78 valence electrons. The molecule has 1 fully saturated rings. The van der Waals surface area contributed by atoms with Crippen LogP contribution in [0.5, 0.6) is 0 Å². The number of nitrogens with zero attached hydrogens (tertiary/aromatic N) is 2. The summed E-state index contributed by atoms with van der Waals surface area (Å²) in [5.41, 5.74) is 0. The molecule has 1 atom stereocenters. The zero-order valence-corrected chi connectivity index (χ0v) is 9.14. The van der Waals surface area contributed by atoms with Crippen molar-refractivity contribution in [3.8, 4) is 0 Å². The van der Waals surface area contributed by atoms with Gasteiger partial charge in [0.15, 0.2) is 0 Å². The number of aromatic nitrogens is 2. The molecule has 2 rings (SSSR count). The van der Waals surface area contributed by atoms with E-state index in [9.17, 15) is 0 Å². The zero-order chi connectivity index (χ0) is 9.80. The number of rotatable bonds is 3. The molecule has 0 saturated carbocycles. The summed E-state index contributed by atoms with van der Waals surface area (Å²) in [5, 5.41) is 10.8. The van der Waals surface area contributed by atoms with E-state index in [1.165, 1.54) is 24.3 Å². The number of aryl methyl sites for hydroxylation is 1. The molecular weight excluding hydrogens is 198 g/mol. The highest BCUT2D eigenvalue weighted by Gasteiger charge is 2.14. The summed E-state index contributed by atoms with van der Waals surface area (Å²) in [4.78, 5) is 0. The van der Waals surface area contributed by atoms with E-state index < -0.39 is 0 Å². The maximum Gasteiger partial charge on any atom is 0.315 e. The van der Waals surface area contributed by atoms with Crippen molar-refractivity contribution in [1.29, 1.82) is 0 Å². The monoisotopic (exact) mass is 213 g/mol. The number of thioether (sulfide) groups is 1. The molecule has 14 heavy (non-hydrogen) atoms. The van der Waals surface area contributed by atoms with Crippen LogP contribution < -0.4 is 5.32 Å². The van der Waals surface area contributed by atoms with E-state index in [1.807, 2.05) is 11.8 Å². The Kier molecular flexibility index (Phi) is 3.29. The van der Waals surface area contributed by atoms with Gasteiger partial charge in [-0.05, 0) is 30.3 Å². The van der Waals surface area contributed by atoms with Crippen LogP contribution in [0.4, 0.5) is 6.01 Å². The van der Waals surface area contributed by atoms with Crippen LogP contribution in [0.1, 0.15) is 18.7 Å². The van der Waals surface area contributed by atoms with E-state index in [0.717, 1.165) is 12.5 Å². The molecule has 0 spiro atoms. The van der Waals surface area contributed by atoms with Gasteiger partial charge in [0.05, 0.1) is 0 Å². The fraction of sp³-hybridized carbons (Fsp3) is 0.778. The van der Waals surface area contributed by atoms with Gasteiger partial charge in [-0.25, -0.2) is 0 Å². The Morgan fingerprint density at radius 3 is 3.14 bits per heavy atom. The van der Waals surface area contributed by atoms with E-state index in [0.29, 0.717) is 11.9 Å². The average molecular weight is 213 g/mol. The van der Waals surface area contributed by atoms with Gasteiger partial charge in [-0.2, -0.15) is 11.8 Å². The Hall–Kier alpha value is -0.710. The minimum atomic E-state index is 0.554. The minimum Gasteiger partial charge on any atom is -0.408 e. The summed E-state index contributed by atoms with van der Waals surface area (Å²) in [5.74, 6) is 3.93. The van der Waals surface area contributed by atoms with Gasteiger partial charge in [-0.1, -0.05) is 5.10 Å². The number of hydrogen-bond acceptors (Lipinski definition) is 5. The SMILES string of the molecule is Cc1nnc(NC[C@@H]2CCCSC2)o1. The van der Waals surface area contributed by atoms with Gasteiger partial charge in [0.25, 0.3) is 0 Å². The molecule has 0 unspecified atom stereocenters. The van der Waals surface area contributed by atoms with Gasteiger partial charge in [-0.15, -0.1) is 5.10 Å². The van der Waals surface area contributed by atoms with E-state index in [2.05, 4.69) is 15.5 Å². The molecule has 1 saturated heterocycles. The van der Waals surface area contributed by atoms with Crippen molar-refractivity contribution in [3.05, 3.63) is 5.89 Å². The molecule has 1 aliphatic rings. The highest BCUT2D eigenvalue weighted by Crippen LogP contribution is 2.22. The largest absolute Gasteiger partial charge is 0.408 e. The Morgan fingerprint density at radius 1 is 1.57 bits per heavy atom. The molecule has 1 N–H and O–H groups in total. The van der Waals surface area contributed by atoms with Crippen LogP contribution in [0, 0.1) is 12.8 Å². The quantitative estimate of drug-likeness (QED) is 0.831. The molecule has 5 heteroatoms. The van der Waals surface area contributed by atoms with Crippen molar-refractivity contribution in [2.75, 3.05) is 23.4 Å². The van der Waals surface area contributed by atoms with Gasteiger partial charge < -0.3 is 9.73 Å². The molecular formula is C9H15N3OS. The lowest BCUT2D eigenvalue weighted by molar-refractivity contribution is 0.507. The standard InChI is InChI=1S/C9H15N3OS/c1-7-11-12-9(13-7)10-5-8-3-2-4-14-6-8/h8H,2-6H2,1H3,(H,10,12)/t8-/m0/s1. The number of anilines is 1. The van der Waals surface area contributed by atoms with Crippen molar-refractivity contribution in [1.82, 2.24) is 10.2 Å². The number of nitrogens with one attached hydrogen (secondary N) is 1. The van der Waals surface area contributed by atoms with Crippen LogP contribution in [0.15, 0.2) is 4.42 Å². The fourth-order valence-corrected chi connectivity index (χ4v) is 2.72. The Bertz CT molecular complexity index is 283. The van der Waals surface area contributed by atoms with Crippen molar-refractivity contribution in [2.24, 2.45) is 5.92 Å². The molecule has 1 aromatic heterocycles. The van der Waals surface area contributed by atoms with Gasteiger partial charge in [-0.3, -0.25) is 0 Å². The third-order valence-corrected chi connectivity index (χ3v) is 3.61. The zero-order valence-electron chi connectivity index (χ0n) is 8.32. The van der Waals surface area contributed by atoms with Crippen molar-refractivity contribution in [2.45, 2.75) is 19.8 Å². The molecule has 0 amide bonds. The van der Waals surface area contributed by atoms with Gasteiger partial charge >= 0.3 is 6.01 Å². The second kappa shape index (κ2) is 4.68. The summed E-state index contributed by atoms with van der Waals surface area (Å²) in [6, 6.07) is 0.554. The molecule has 1 aliphatic heterocycles. The van der Waals surface area contributed by atoms with Crippen LogP contribution >= 0.6 is 11.8 Å². The normalized spacial score (nSPS) is 22.2. The second-order valence-corrected chi connectivity index (χ2v) is 4.74. The Balaban J connectivity index is 1.76. The lowest BCUT2D eigenvalue weighted by atomic mass is 10.1. The first-order chi connectivity index (χ1) is 6.84. The third-order valence-electron chi connectivity index (χ3n) is 2.32. The van der Waals surface area contributed by atoms with Crippen LogP contribution in [0.3, 0.4) is 0 Å². The van der Waals surface area contributed by atoms with E-state index in [-0.39, 0.29) is 0 Å². The summed E-state index contributed by atoms with van der Waals surface area (Å²) in [6.07, 6.45) is 2.65. The predicted octanol–water partition coefficient (Wildman–Crippen LogP) is 1.93. The van der Waals surface area contributed by atoms with Crippen molar-refractivity contribution >= 4 is 17.8 Å². The smallest absolute Gasteiger partial charge is 0.315 e. The topological polar surface area (TPSA) is 51.0 Å². The van der Waals surface area contributed by atoms with Crippen LogP contribution in [-0.2, 0) is 0 Å². The van der Waals surface area contributed by atoms with E-state index in [4.69, 9.17) is 4.42 Å². The Morgan fingerprint density at radius 2 is 2.50 bits per heavy atom. The predicted molar refractivity (Wildman–Crippen MR) is 57.6 cm³/mol. The van der Waals surface area contributed by atoms with E-state index >= 15 is 0 Å². The molecule has 0 bridgehead atoms. The molecule has 1 aromatic rings. The van der Waals surface area contributed by atoms with Crippen LogP contribution in [0.25, 0.3) is 0 Å². The molecule has 0 radical (unpaired) electrons. The molecule has 4 nitrogen and oxygen atoms in total. The van der Waals surface area contributed by atoms with Gasteiger partial charge in [0.1, 0.15) is 0 Å². The molecule has 0 aromatic carbocycles. The summed E-state index contributed by atoms with van der Waals surface area (Å²) in [7, 11) is 0. The number of hydrogen-bond donors (Lipinski definition) is 1. The summed E-state index contributed by atoms with van der Waals surface area (Å²) in [6.45, 7) is 2.75. The average Bonchev–Trinajstić information content (AvgIpc) is 2.63. The second-order valence-electron chi connectivity index (χ2n) is 3.59. The maximum atomic E-state index is 5.23. The molecule has 2 heterocycles. The third kappa shape index (κ3) is 2.64. The molecule has 0 aliphatic carbocycles. The van der Waals surface area contributed by atoms with Crippen LogP contribution in [-0.4, -0.2) is 28.2 Å². The lowest BCUT2D eigenvalue weighted by Gasteiger charge is -2.20. The highest BCUT2D eigenvalue weighted by atomic mass is 32.2. The van der Waals surface area contributed by atoms with Crippen LogP contribution in [0.2, 0.25) is 0 Å². The van der Waals surface area contributed by atoms with E-state index in [1.54, 1.807) is 6.92 Å². The minimum absolute atomic E-state index is 0.554. The maximum absolute atomic E-state index is 5.23. The van der Waals surface area contributed by atoms with Gasteiger partial charge in [0.2, 0.25) is 5.89 Å².